The lowest BCUT2D eigenvalue weighted by molar-refractivity contribution is 0.0636. The second kappa shape index (κ2) is 8.33. The lowest BCUT2D eigenvalue weighted by Gasteiger charge is -2.37. The number of carbonyl (C=O) groups excluding carboxylic acids is 2. The number of amides is 1. The Hall–Kier alpha value is -3.02. The number of nitrogens with zero attached hydrogens (tertiary/aromatic N) is 2. The third-order valence-electron chi connectivity index (χ3n) is 4.49. The van der Waals surface area contributed by atoms with Gasteiger partial charge >= 0.3 is 6.09 Å². The van der Waals surface area contributed by atoms with Crippen LogP contribution in [0.4, 0.5) is 21.9 Å². The molecule has 1 aliphatic rings. The molecule has 1 radical (unpaired) electrons. The summed E-state index contributed by atoms with van der Waals surface area (Å²) in [4.78, 5) is 27.3. The first-order valence-corrected chi connectivity index (χ1v) is 9.42. The van der Waals surface area contributed by atoms with E-state index in [2.05, 4.69) is 15.1 Å². The Morgan fingerprint density at radius 3 is 2.14 bits per heavy atom. The van der Waals surface area contributed by atoms with Crippen LogP contribution in [0.25, 0.3) is 0 Å². The molecule has 1 saturated heterocycles. The maximum absolute atomic E-state index is 12.0. The average Bonchev–Trinajstić information content (AvgIpc) is 2.67. The van der Waals surface area contributed by atoms with Crippen molar-refractivity contribution < 1.29 is 14.3 Å². The monoisotopic (exact) mass is 380 g/mol. The van der Waals surface area contributed by atoms with Crippen LogP contribution in [0.1, 0.15) is 26.3 Å². The molecule has 0 aromatic heterocycles. The van der Waals surface area contributed by atoms with Gasteiger partial charge < -0.3 is 14.5 Å². The van der Waals surface area contributed by atoms with Crippen molar-refractivity contribution in [2.45, 2.75) is 26.4 Å². The van der Waals surface area contributed by atoms with Gasteiger partial charge in [-0.15, -0.1) is 0 Å². The molecule has 0 atom stereocenters. The Kier molecular flexibility index (Phi) is 5.87. The maximum Gasteiger partial charge on any atom is 0.412 e. The number of benzene rings is 2. The van der Waals surface area contributed by atoms with Crippen LogP contribution in [0.5, 0.6) is 0 Å². The van der Waals surface area contributed by atoms with Crippen LogP contribution in [0.15, 0.2) is 48.5 Å². The molecule has 1 fully saturated rings. The van der Waals surface area contributed by atoms with Crippen molar-refractivity contribution in [2.75, 3.05) is 41.3 Å². The predicted octanol–water partition coefficient (Wildman–Crippen LogP) is 3.82. The highest BCUT2D eigenvalue weighted by Crippen LogP contribution is 2.23. The number of hydrogen-bond donors (Lipinski definition) is 1. The number of carbonyl (C=O) groups is 1. The molecular weight excluding hydrogens is 354 g/mol. The van der Waals surface area contributed by atoms with E-state index in [-0.39, 0.29) is 0 Å². The molecule has 6 heteroatoms. The van der Waals surface area contributed by atoms with Crippen LogP contribution in [-0.2, 0) is 9.53 Å². The first-order valence-electron chi connectivity index (χ1n) is 9.42. The molecule has 1 amide bonds. The first-order chi connectivity index (χ1) is 13.3. The third-order valence-corrected chi connectivity index (χ3v) is 4.49. The Morgan fingerprint density at radius 1 is 0.964 bits per heavy atom. The van der Waals surface area contributed by atoms with E-state index in [1.54, 1.807) is 12.1 Å². The molecule has 0 aliphatic carbocycles. The number of piperazine rings is 1. The molecule has 147 valence electrons. The molecule has 3 rings (SSSR count). The normalized spacial score (nSPS) is 14.5. The summed E-state index contributed by atoms with van der Waals surface area (Å²) >= 11 is 0. The molecule has 1 aliphatic heterocycles. The fourth-order valence-corrected chi connectivity index (χ4v) is 3.16. The second-order valence-corrected chi connectivity index (χ2v) is 7.80. The van der Waals surface area contributed by atoms with Gasteiger partial charge in [0.25, 0.3) is 0 Å². The molecule has 1 N–H and O–H groups in total. The lowest BCUT2D eigenvalue weighted by Crippen LogP contribution is -2.46. The minimum absolute atomic E-state index is 0.453. The van der Waals surface area contributed by atoms with Gasteiger partial charge in [-0.1, -0.05) is 6.07 Å². The topological polar surface area (TPSA) is 61.9 Å². The minimum Gasteiger partial charge on any atom is -0.444 e. The summed E-state index contributed by atoms with van der Waals surface area (Å²) in [5.74, 6) is 0. The van der Waals surface area contributed by atoms with Crippen molar-refractivity contribution in [1.82, 2.24) is 0 Å². The fraction of sp³-hybridized carbons (Fsp3) is 0.364. The molecular formula is C22H26N3O3. The van der Waals surface area contributed by atoms with Crippen molar-refractivity contribution >= 4 is 29.4 Å². The zero-order valence-electron chi connectivity index (χ0n) is 16.6. The summed E-state index contributed by atoms with van der Waals surface area (Å²) in [6.07, 6.45) is 1.45. The summed E-state index contributed by atoms with van der Waals surface area (Å²) in [6.45, 7) is 9.03. The van der Waals surface area contributed by atoms with Crippen LogP contribution >= 0.6 is 0 Å². The first kappa shape index (κ1) is 19.7. The molecule has 28 heavy (non-hydrogen) atoms. The van der Waals surface area contributed by atoms with Crippen molar-refractivity contribution in [2.24, 2.45) is 0 Å². The number of nitrogens with one attached hydrogen (secondary N) is 1. The lowest BCUT2D eigenvalue weighted by atomic mass is 10.2. The van der Waals surface area contributed by atoms with Crippen molar-refractivity contribution in [1.29, 1.82) is 0 Å². The van der Waals surface area contributed by atoms with E-state index in [1.165, 1.54) is 0 Å². The highest BCUT2D eigenvalue weighted by Gasteiger charge is 2.19. The Bertz CT molecular complexity index is 820. The number of rotatable bonds is 4. The number of hydrogen-bond acceptors (Lipinski definition) is 5. The van der Waals surface area contributed by atoms with Crippen LogP contribution in [0, 0.1) is 0 Å². The molecule has 0 spiro atoms. The smallest absolute Gasteiger partial charge is 0.412 e. The predicted molar refractivity (Wildman–Crippen MR) is 112 cm³/mol. The van der Waals surface area contributed by atoms with E-state index in [4.69, 9.17) is 4.74 Å². The van der Waals surface area contributed by atoms with Crippen molar-refractivity contribution in [3.63, 3.8) is 0 Å². The van der Waals surface area contributed by atoms with Gasteiger partial charge in [-0.2, -0.15) is 0 Å². The van der Waals surface area contributed by atoms with Gasteiger partial charge in [0, 0.05) is 48.8 Å². The van der Waals surface area contributed by atoms with Gasteiger partial charge in [0.05, 0.1) is 0 Å². The fourth-order valence-electron chi connectivity index (χ4n) is 3.16. The van der Waals surface area contributed by atoms with E-state index >= 15 is 0 Å². The third kappa shape index (κ3) is 5.25. The molecule has 1 heterocycles. The Morgan fingerprint density at radius 2 is 1.57 bits per heavy atom. The summed E-state index contributed by atoms with van der Waals surface area (Å²) in [6, 6.07) is 15.3. The molecule has 0 unspecified atom stereocenters. The van der Waals surface area contributed by atoms with E-state index < -0.39 is 11.7 Å². The summed E-state index contributed by atoms with van der Waals surface area (Å²) in [7, 11) is 0. The molecule has 0 bridgehead atoms. The van der Waals surface area contributed by atoms with Gasteiger partial charge in [0.2, 0.25) is 6.29 Å². The minimum atomic E-state index is -0.528. The van der Waals surface area contributed by atoms with Crippen molar-refractivity contribution in [3.05, 3.63) is 54.1 Å². The largest absolute Gasteiger partial charge is 0.444 e. The summed E-state index contributed by atoms with van der Waals surface area (Å²) in [5, 5.41) is 2.79. The van der Waals surface area contributed by atoms with Gasteiger partial charge in [-0.3, -0.25) is 10.1 Å². The zero-order chi connectivity index (χ0) is 20.1. The highest BCUT2D eigenvalue weighted by molar-refractivity contribution is 5.85. The maximum atomic E-state index is 12.0. The van der Waals surface area contributed by atoms with Crippen LogP contribution in [0.3, 0.4) is 0 Å². The molecule has 2 aromatic rings. The average molecular weight is 380 g/mol. The van der Waals surface area contributed by atoms with Gasteiger partial charge in [0.1, 0.15) is 5.60 Å². The van der Waals surface area contributed by atoms with Crippen molar-refractivity contribution in [3.8, 4) is 0 Å². The van der Waals surface area contributed by atoms with Gasteiger partial charge in [-0.05, 0) is 63.2 Å². The van der Waals surface area contributed by atoms with Crippen LogP contribution in [-0.4, -0.2) is 44.2 Å². The van der Waals surface area contributed by atoms with Gasteiger partial charge in [-0.25, -0.2) is 4.79 Å². The van der Waals surface area contributed by atoms with Gasteiger partial charge in [0.15, 0.2) is 0 Å². The molecule has 0 saturated carbocycles. The van der Waals surface area contributed by atoms with Crippen LogP contribution in [0.2, 0.25) is 0 Å². The Labute approximate surface area is 166 Å². The number of anilines is 3. The van der Waals surface area contributed by atoms with Crippen LogP contribution < -0.4 is 15.1 Å². The molecule has 2 aromatic carbocycles. The Balaban J connectivity index is 1.59. The second-order valence-electron chi connectivity index (χ2n) is 7.80. The zero-order valence-corrected chi connectivity index (χ0v) is 16.6. The summed E-state index contributed by atoms with van der Waals surface area (Å²) in [5.41, 5.74) is 2.93. The van der Waals surface area contributed by atoms with E-state index in [1.807, 2.05) is 63.5 Å². The standard InChI is InChI=1S/C22H26N3O3/c1-22(2,3)28-21(27)23-18-5-4-6-20(15-18)25-13-11-24(12-14-25)19-9-7-17(16-26)8-10-19/h4-10,15H,11-14H2,1-3H3,(H,23,27). The van der Waals surface area contributed by atoms with E-state index in [9.17, 15) is 9.59 Å². The SMILES string of the molecule is CC(C)(C)OC(=O)Nc1cccc(N2CCN(c3ccc([C]=O)cc3)CC2)c1. The molecule has 6 nitrogen and oxygen atoms in total. The van der Waals surface area contributed by atoms with E-state index in [0.29, 0.717) is 5.56 Å². The van der Waals surface area contributed by atoms with E-state index in [0.717, 1.165) is 43.2 Å². The highest BCUT2D eigenvalue weighted by atomic mass is 16.6. The summed E-state index contributed by atoms with van der Waals surface area (Å²) < 4.78 is 5.31. The quantitative estimate of drug-likeness (QED) is 0.874. The number of ether oxygens (including phenoxy) is 1.